The smallest absolute Gasteiger partial charge is 0.310 e. The molecule has 8 heteroatoms. The van der Waals surface area contributed by atoms with Crippen LogP contribution in [-0.4, -0.2) is 23.8 Å². The standard InChI is InChI=1S/C18H15N3O4S/c1-25-13-8-6-12(7-9-13)10-19-20-16(22)11-21-14-4-2-3-5-15(14)26-18(24)17(21)23/h2-10H,11H2,1H3,(H,20,22)/b19-10+. The number of hydrogen-bond acceptors (Lipinski definition) is 6. The first-order valence-electron chi connectivity index (χ1n) is 7.67. The Hall–Kier alpha value is -3.26. The number of nitrogens with one attached hydrogen (secondary N) is 1. The zero-order valence-electron chi connectivity index (χ0n) is 13.8. The van der Waals surface area contributed by atoms with E-state index in [4.69, 9.17) is 4.74 Å². The number of nitrogens with zero attached hydrogens (tertiary/aromatic N) is 2. The molecule has 0 aliphatic rings. The number of aromatic nitrogens is 1. The lowest BCUT2D eigenvalue weighted by Gasteiger charge is -2.07. The largest absolute Gasteiger partial charge is 0.497 e. The average Bonchev–Trinajstić information content (AvgIpc) is 2.66. The fourth-order valence-corrected chi connectivity index (χ4v) is 3.16. The van der Waals surface area contributed by atoms with Gasteiger partial charge in [-0.15, -0.1) is 0 Å². The summed E-state index contributed by atoms with van der Waals surface area (Å²) in [7, 11) is 1.58. The van der Waals surface area contributed by atoms with Crippen LogP contribution in [0, 0.1) is 0 Å². The van der Waals surface area contributed by atoms with E-state index in [-0.39, 0.29) is 6.54 Å². The van der Waals surface area contributed by atoms with Gasteiger partial charge in [-0.25, -0.2) is 5.43 Å². The highest BCUT2D eigenvalue weighted by Gasteiger charge is 2.11. The van der Waals surface area contributed by atoms with Crippen LogP contribution in [0.4, 0.5) is 0 Å². The zero-order chi connectivity index (χ0) is 18.5. The minimum Gasteiger partial charge on any atom is -0.497 e. The van der Waals surface area contributed by atoms with E-state index in [1.54, 1.807) is 55.6 Å². The second-order valence-electron chi connectivity index (χ2n) is 5.31. The third-order valence-electron chi connectivity index (χ3n) is 3.60. The lowest BCUT2D eigenvalue weighted by Crippen LogP contribution is -2.36. The van der Waals surface area contributed by atoms with Gasteiger partial charge in [0.25, 0.3) is 10.6 Å². The van der Waals surface area contributed by atoms with Crippen molar-refractivity contribution in [3.05, 3.63) is 74.0 Å². The van der Waals surface area contributed by atoms with Gasteiger partial charge in [0, 0.05) is 0 Å². The highest BCUT2D eigenvalue weighted by atomic mass is 32.1. The quantitative estimate of drug-likeness (QED) is 0.420. The van der Waals surface area contributed by atoms with E-state index in [0.717, 1.165) is 27.2 Å². The molecule has 0 saturated carbocycles. The Morgan fingerprint density at radius 1 is 1.19 bits per heavy atom. The number of hydrogen-bond donors (Lipinski definition) is 1. The van der Waals surface area contributed by atoms with Gasteiger partial charge in [-0.05, 0) is 42.0 Å². The first-order chi connectivity index (χ1) is 12.6. The van der Waals surface area contributed by atoms with Crippen LogP contribution in [0.5, 0.6) is 5.75 Å². The van der Waals surface area contributed by atoms with Gasteiger partial charge < -0.3 is 4.74 Å². The van der Waals surface area contributed by atoms with Crippen LogP contribution < -0.4 is 20.5 Å². The first-order valence-corrected chi connectivity index (χ1v) is 8.49. The van der Waals surface area contributed by atoms with Gasteiger partial charge in [0.15, 0.2) is 0 Å². The van der Waals surface area contributed by atoms with Crippen molar-refractivity contribution in [1.82, 2.24) is 9.99 Å². The van der Waals surface area contributed by atoms with Crippen LogP contribution in [0.15, 0.2) is 63.2 Å². The third kappa shape index (κ3) is 3.86. The molecule has 3 rings (SSSR count). The molecule has 3 aromatic rings. The SMILES string of the molecule is COc1ccc(/C=N/NC(=O)Cn2c(=O)c(=O)sc3ccccc32)cc1. The van der Waals surface area contributed by atoms with Crippen molar-refractivity contribution in [2.75, 3.05) is 7.11 Å². The third-order valence-corrected chi connectivity index (χ3v) is 4.52. The van der Waals surface area contributed by atoms with Crippen LogP contribution in [0.25, 0.3) is 10.2 Å². The van der Waals surface area contributed by atoms with Crippen molar-refractivity contribution in [2.45, 2.75) is 6.54 Å². The molecule has 1 aromatic heterocycles. The zero-order valence-corrected chi connectivity index (χ0v) is 14.7. The summed E-state index contributed by atoms with van der Waals surface area (Å²) in [5, 5.41) is 3.87. The summed E-state index contributed by atoms with van der Waals surface area (Å²) in [6.45, 7) is -0.290. The average molecular weight is 369 g/mol. The molecule has 7 nitrogen and oxygen atoms in total. The Kier molecular flexibility index (Phi) is 5.23. The Labute approximate surface area is 152 Å². The number of rotatable bonds is 5. The van der Waals surface area contributed by atoms with E-state index in [0.29, 0.717) is 10.2 Å². The van der Waals surface area contributed by atoms with E-state index in [9.17, 15) is 14.4 Å². The van der Waals surface area contributed by atoms with Crippen molar-refractivity contribution in [3.63, 3.8) is 0 Å². The number of fused-ring (bicyclic) bond motifs is 1. The number of carbonyl (C=O) groups is 1. The monoisotopic (exact) mass is 369 g/mol. The maximum atomic E-state index is 12.1. The fraction of sp³-hybridized carbons (Fsp3) is 0.111. The summed E-state index contributed by atoms with van der Waals surface area (Å²) < 4.78 is 6.25. The van der Waals surface area contributed by atoms with E-state index >= 15 is 0 Å². The molecule has 1 N–H and O–H groups in total. The van der Waals surface area contributed by atoms with Crippen LogP contribution in [0.2, 0.25) is 0 Å². The highest BCUT2D eigenvalue weighted by Crippen LogP contribution is 2.13. The summed E-state index contributed by atoms with van der Waals surface area (Å²) in [4.78, 5) is 36.0. The molecule has 0 atom stereocenters. The molecule has 26 heavy (non-hydrogen) atoms. The summed E-state index contributed by atoms with van der Waals surface area (Å²) in [6, 6.07) is 14.1. The Morgan fingerprint density at radius 3 is 2.65 bits per heavy atom. The van der Waals surface area contributed by atoms with Gasteiger partial charge in [0.2, 0.25) is 0 Å². The van der Waals surface area contributed by atoms with E-state index in [2.05, 4.69) is 10.5 Å². The molecule has 0 aliphatic carbocycles. The van der Waals surface area contributed by atoms with E-state index in [1.807, 2.05) is 0 Å². The molecule has 0 radical (unpaired) electrons. The van der Waals surface area contributed by atoms with Gasteiger partial charge in [-0.1, -0.05) is 23.5 Å². The lowest BCUT2D eigenvalue weighted by molar-refractivity contribution is -0.121. The minimum absolute atomic E-state index is 0.290. The second kappa shape index (κ2) is 7.75. The number of para-hydroxylation sites is 1. The summed E-state index contributed by atoms with van der Waals surface area (Å²) in [5.41, 5.74) is 2.95. The number of hydrazone groups is 1. The molecule has 0 spiro atoms. The van der Waals surface area contributed by atoms with E-state index < -0.39 is 16.2 Å². The van der Waals surface area contributed by atoms with Crippen LogP contribution >= 0.6 is 11.3 Å². The molecular weight excluding hydrogens is 354 g/mol. The van der Waals surface area contributed by atoms with Crippen LogP contribution in [0.1, 0.15) is 5.56 Å². The predicted molar refractivity (Wildman–Crippen MR) is 101 cm³/mol. The molecule has 1 amide bonds. The number of carbonyl (C=O) groups excluding carboxylic acids is 1. The van der Waals surface area contributed by atoms with Crippen molar-refractivity contribution >= 4 is 33.7 Å². The van der Waals surface area contributed by atoms with Gasteiger partial charge >= 0.3 is 5.56 Å². The number of ether oxygens (including phenoxy) is 1. The second-order valence-corrected chi connectivity index (χ2v) is 6.33. The molecule has 0 aliphatic heterocycles. The molecule has 0 bridgehead atoms. The van der Waals surface area contributed by atoms with Crippen molar-refractivity contribution in [1.29, 1.82) is 0 Å². The number of benzene rings is 2. The molecule has 0 fully saturated rings. The first kappa shape index (κ1) is 17.6. The summed E-state index contributed by atoms with van der Waals surface area (Å²) >= 11 is 0.867. The molecule has 2 aromatic carbocycles. The molecule has 0 unspecified atom stereocenters. The Balaban J connectivity index is 1.75. The molecular formula is C18H15N3O4S. The van der Waals surface area contributed by atoms with Gasteiger partial charge in [-0.2, -0.15) is 5.10 Å². The van der Waals surface area contributed by atoms with Crippen molar-refractivity contribution in [2.24, 2.45) is 5.10 Å². The number of amides is 1. The molecule has 0 saturated heterocycles. The van der Waals surface area contributed by atoms with E-state index in [1.165, 1.54) is 6.21 Å². The Morgan fingerprint density at radius 2 is 1.92 bits per heavy atom. The number of methoxy groups -OCH3 is 1. The Bertz CT molecular complexity index is 1080. The maximum Gasteiger partial charge on any atom is 0.310 e. The maximum absolute atomic E-state index is 12.1. The normalized spacial score (nSPS) is 11.0. The topological polar surface area (TPSA) is 89.8 Å². The fourth-order valence-electron chi connectivity index (χ4n) is 2.33. The lowest BCUT2D eigenvalue weighted by atomic mass is 10.2. The van der Waals surface area contributed by atoms with Gasteiger partial charge in [-0.3, -0.25) is 19.0 Å². The molecule has 132 valence electrons. The predicted octanol–water partition coefficient (Wildman–Crippen LogP) is 1.58. The van der Waals surface area contributed by atoms with Crippen LogP contribution in [0.3, 0.4) is 0 Å². The highest BCUT2D eigenvalue weighted by molar-refractivity contribution is 7.16. The minimum atomic E-state index is -0.719. The molecule has 1 heterocycles. The summed E-state index contributed by atoms with van der Waals surface area (Å²) in [6.07, 6.45) is 1.48. The van der Waals surface area contributed by atoms with Gasteiger partial charge in [0.05, 0.1) is 23.5 Å². The van der Waals surface area contributed by atoms with Crippen LogP contribution in [-0.2, 0) is 11.3 Å². The van der Waals surface area contributed by atoms with Gasteiger partial charge in [0.1, 0.15) is 12.3 Å². The summed E-state index contributed by atoms with van der Waals surface area (Å²) in [5.74, 6) is 0.216. The van der Waals surface area contributed by atoms with Crippen molar-refractivity contribution < 1.29 is 9.53 Å². The van der Waals surface area contributed by atoms with Crippen molar-refractivity contribution in [3.8, 4) is 5.75 Å².